The molecule has 0 unspecified atom stereocenters. The van der Waals surface area contributed by atoms with E-state index in [0.717, 1.165) is 6.08 Å². The minimum atomic E-state index is -0.617. The van der Waals surface area contributed by atoms with Gasteiger partial charge in [-0.1, -0.05) is 13.2 Å². The van der Waals surface area contributed by atoms with Crippen molar-refractivity contribution in [1.29, 1.82) is 0 Å². The number of carbonyl (C=O) groups is 4. The van der Waals surface area contributed by atoms with Crippen LogP contribution in [-0.2, 0) is 23.7 Å². The van der Waals surface area contributed by atoms with Gasteiger partial charge in [0.05, 0.1) is 30.9 Å². The Hall–Kier alpha value is -5.12. The van der Waals surface area contributed by atoms with Crippen molar-refractivity contribution in [2.75, 3.05) is 25.1 Å². The van der Waals surface area contributed by atoms with Crippen LogP contribution in [0.4, 0.5) is 10.5 Å². The quantitative estimate of drug-likeness (QED) is 0.0784. The highest BCUT2D eigenvalue weighted by Gasteiger charge is 2.11. The number of anilines is 1. The van der Waals surface area contributed by atoms with Crippen LogP contribution < -0.4 is 10.1 Å². The van der Waals surface area contributed by atoms with Crippen LogP contribution in [0.2, 0.25) is 0 Å². The van der Waals surface area contributed by atoms with Gasteiger partial charge in [0.2, 0.25) is 0 Å². The summed E-state index contributed by atoms with van der Waals surface area (Å²) in [6, 6.07) is 12.4. The molecule has 40 heavy (non-hydrogen) atoms. The monoisotopic (exact) mass is 549 g/mol. The molecule has 10 heteroatoms. The molecule has 0 heterocycles. The van der Waals surface area contributed by atoms with Crippen LogP contribution in [0.15, 0.2) is 97.5 Å². The molecule has 2 rings (SSSR count). The molecule has 2 aromatic rings. The Morgan fingerprint density at radius 1 is 0.800 bits per heavy atom. The van der Waals surface area contributed by atoms with Crippen LogP contribution in [0.5, 0.6) is 5.75 Å². The Labute approximate surface area is 232 Å². The van der Waals surface area contributed by atoms with E-state index < -0.39 is 24.0 Å². The molecule has 0 radical (unpaired) electrons. The zero-order chi connectivity index (χ0) is 29.3. The van der Waals surface area contributed by atoms with Crippen molar-refractivity contribution in [3.63, 3.8) is 0 Å². The Morgan fingerprint density at radius 2 is 1.43 bits per heavy atom. The average Bonchev–Trinajstić information content (AvgIpc) is 2.95. The van der Waals surface area contributed by atoms with E-state index in [-0.39, 0.29) is 35.9 Å². The lowest BCUT2D eigenvalue weighted by Gasteiger charge is -2.08. The van der Waals surface area contributed by atoms with Crippen molar-refractivity contribution >= 4 is 29.7 Å². The number of ether oxygens (including phenoxy) is 5. The third-order valence-electron chi connectivity index (χ3n) is 4.85. The second kappa shape index (κ2) is 16.7. The van der Waals surface area contributed by atoms with Crippen molar-refractivity contribution in [3.8, 4) is 5.75 Å². The lowest BCUT2D eigenvalue weighted by molar-refractivity contribution is -0.137. The molecule has 0 saturated carbocycles. The zero-order valence-electron chi connectivity index (χ0n) is 22.3. The van der Waals surface area contributed by atoms with E-state index in [1.165, 1.54) is 30.4 Å². The fourth-order valence-electron chi connectivity index (χ4n) is 2.89. The highest BCUT2D eigenvalue weighted by Crippen LogP contribution is 2.16. The first kappa shape index (κ1) is 31.1. The number of nitrogens with one attached hydrogen (secondary N) is 1. The summed E-state index contributed by atoms with van der Waals surface area (Å²) in [7, 11) is 0. The highest BCUT2D eigenvalue weighted by molar-refractivity contribution is 5.92. The number of allylic oxidation sites excluding steroid dienone is 4. The first-order valence-electron chi connectivity index (χ1n) is 12.3. The molecular formula is C30H31NO9. The van der Waals surface area contributed by atoms with Gasteiger partial charge in [0, 0.05) is 18.2 Å². The Balaban J connectivity index is 1.87. The Bertz CT molecular complexity index is 1260. The van der Waals surface area contributed by atoms with Crippen molar-refractivity contribution in [1.82, 2.24) is 0 Å². The standard InChI is InChI=1S/C30H31NO9/c1-5-25(40-29(34)23-12-17-26(18-13-23)37-19-8-20-38-27(32)6-2)16-9-21(4)39-28(33)22-10-14-24(15-11-22)31-30(35)36-7-3/h5-6,9-18H,1-2,7-8,19-20H2,3-4H3,(H,31,35)/b21-9+,25-16+. The molecule has 0 spiro atoms. The van der Waals surface area contributed by atoms with Crippen LogP contribution >= 0.6 is 0 Å². The first-order chi connectivity index (χ1) is 19.2. The van der Waals surface area contributed by atoms with Crippen LogP contribution in [-0.4, -0.2) is 43.8 Å². The van der Waals surface area contributed by atoms with Gasteiger partial charge in [0.25, 0.3) is 0 Å². The van der Waals surface area contributed by atoms with Crippen LogP contribution in [0.3, 0.4) is 0 Å². The van der Waals surface area contributed by atoms with Gasteiger partial charge >= 0.3 is 24.0 Å². The lowest BCUT2D eigenvalue weighted by Crippen LogP contribution is -2.13. The number of rotatable bonds is 14. The zero-order valence-corrected chi connectivity index (χ0v) is 22.3. The molecule has 10 nitrogen and oxygen atoms in total. The molecular weight excluding hydrogens is 518 g/mol. The van der Waals surface area contributed by atoms with E-state index in [1.54, 1.807) is 50.2 Å². The third-order valence-corrected chi connectivity index (χ3v) is 4.85. The number of esters is 3. The van der Waals surface area contributed by atoms with Gasteiger partial charge in [-0.05, 0) is 80.6 Å². The van der Waals surface area contributed by atoms with E-state index in [1.807, 2.05) is 0 Å². The third kappa shape index (κ3) is 11.1. The molecule has 0 aliphatic carbocycles. The summed E-state index contributed by atoms with van der Waals surface area (Å²) in [6.45, 7) is 11.0. The SMILES string of the molecule is C=CC(=O)OCCCOc1ccc(C(=O)O/C(C=C)=C/C=C(\C)OC(=O)c2ccc(NC(=O)OCC)cc2)cc1. The molecule has 2 aromatic carbocycles. The Morgan fingerprint density at radius 3 is 2.02 bits per heavy atom. The normalized spacial score (nSPS) is 11.1. The molecule has 0 bridgehead atoms. The molecule has 0 saturated heterocycles. The minimum Gasteiger partial charge on any atom is -0.493 e. The van der Waals surface area contributed by atoms with Gasteiger partial charge in [-0.15, -0.1) is 0 Å². The van der Waals surface area contributed by atoms with Crippen LogP contribution in [0.25, 0.3) is 0 Å². The summed E-state index contributed by atoms with van der Waals surface area (Å²) in [6.07, 6.45) is 5.24. The summed E-state index contributed by atoms with van der Waals surface area (Å²) in [5.74, 6) is -0.790. The van der Waals surface area contributed by atoms with E-state index in [9.17, 15) is 19.2 Å². The smallest absolute Gasteiger partial charge is 0.411 e. The maximum absolute atomic E-state index is 12.5. The van der Waals surface area contributed by atoms with E-state index in [2.05, 4.69) is 18.5 Å². The molecule has 0 aliphatic heterocycles. The summed E-state index contributed by atoms with van der Waals surface area (Å²) in [4.78, 5) is 47.4. The summed E-state index contributed by atoms with van der Waals surface area (Å²) in [5.41, 5.74) is 1.02. The second-order valence-electron chi connectivity index (χ2n) is 7.85. The summed E-state index contributed by atoms with van der Waals surface area (Å²) in [5, 5.41) is 2.53. The van der Waals surface area contributed by atoms with E-state index in [4.69, 9.17) is 23.7 Å². The van der Waals surface area contributed by atoms with E-state index in [0.29, 0.717) is 24.5 Å². The number of carbonyl (C=O) groups excluding carboxylic acids is 4. The van der Waals surface area contributed by atoms with Gasteiger partial charge in [-0.25, -0.2) is 19.2 Å². The van der Waals surface area contributed by atoms with Crippen molar-refractivity contribution < 1.29 is 42.9 Å². The second-order valence-corrected chi connectivity index (χ2v) is 7.85. The van der Waals surface area contributed by atoms with Gasteiger partial charge in [0.15, 0.2) is 0 Å². The lowest BCUT2D eigenvalue weighted by atomic mass is 10.2. The molecule has 0 fully saturated rings. The van der Waals surface area contributed by atoms with Crippen molar-refractivity contribution in [2.24, 2.45) is 0 Å². The van der Waals surface area contributed by atoms with Gasteiger partial charge in [0.1, 0.15) is 17.3 Å². The first-order valence-corrected chi connectivity index (χ1v) is 12.3. The molecule has 210 valence electrons. The molecule has 0 aliphatic rings. The average molecular weight is 550 g/mol. The van der Waals surface area contributed by atoms with Crippen LogP contribution in [0, 0.1) is 0 Å². The maximum Gasteiger partial charge on any atom is 0.411 e. The Kier molecular flexibility index (Phi) is 13.0. The molecule has 1 amide bonds. The van der Waals surface area contributed by atoms with Gasteiger partial charge in [-0.2, -0.15) is 0 Å². The maximum atomic E-state index is 12.5. The number of hydrogen-bond acceptors (Lipinski definition) is 9. The fraction of sp³-hybridized carbons (Fsp3) is 0.200. The van der Waals surface area contributed by atoms with Crippen molar-refractivity contribution in [3.05, 3.63) is 109 Å². The number of hydrogen-bond donors (Lipinski definition) is 1. The highest BCUT2D eigenvalue weighted by atomic mass is 16.6. The summed E-state index contributed by atoms with van der Waals surface area (Å²) >= 11 is 0. The fourth-order valence-corrected chi connectivity index (χ4v) is 2.89. The molecule has 1 N–H and O–H groups in total. The molecule has 0 atom stereocenters. The van der Waals surface area contributed by atoms with Gasteiger partial charge in [-0.3, -0.25) is 5.32 Å². The molecule has 0 aromatic heterocycles. The summed E-state index contributed by atoms with van der Waals surface area (Å²) < 4.78 is 25.9. The predicted molar refractivity (Wildman–Crippen MR) is 148 cm³/mol. The van der Waals surface area contributed by atoms with E-state index >= 15 is 0 Å². The topological polar surface area (TPSA) is 126 Å². The predicted octanol–water partition coefficient (Wildman–Crippen LogP) is 5.74. The largest absolute Gasteiger partial charge is 0.493 e. The minimum absolute atomic E-state index is 0.143. The van der Waals surface area contributed by atoms with Crippen molar-refractivity contribution in [2.45, 2.75) is 20.3 Å². The van der Waals surface area contributed by atoms with Gasteiger partial charge < -0.3 is 23.7 Å². The van der Waals surface area contributed by atoms with Crippen LogP contribution in [0.1, 0.15) is 41.0 Å². The number of amides is 1. The number of benzene rings is 2.